The number of carbonyl (C=O) groups is 1. The first-order chi connectivity index (χ1) is 8.04. The Bertz CT molecular complexity index is 442. The number of anilines is 1. The van der Waals surface area contributed by atoms with Crippen LogP contribution in [0.1, 0.15) is 38.7 Å². The topological polar surface area (TPSA) is 29.1 Å². The maximum atomic E-state index is 13.3. The molecule has 0 saturated heterocycles. The average molecular weight is 235 g/mol. The predicted octanol–water partition coefficient (Wildman–Crippen LogP) is 3.54. The number of hydrogen-bond donors (Lipinski definition) is 1. The number of hydrogen-bond acceptors (Lipinski definition) is 1. The van der Waals surface area contributed by atoms with E-state index < -0.39 is 0 Å². The molecular weight excluding hydrogens is 217 g/mol. The van der Waals surface area contributed by atoms with Crippen molar-refractivity contribution in [3.8, 4) is 0 Å². The summed E-state index contributed by atoms with van der Waals surface area (Å²) in [5, 5.41) is 2.84. The van der Waals surface area contributed by atoms with Gasteiger partial charge in [-0.05, 0) is 35.6 Å². The highest BCUT2D eigenvalue weighted by atomic mass is 19.1. The van der Waals surface area contributed by atoms with Crippen LogP contribution in [-0.4, -0.2) is 5.91 Å². The van der Waals surface area contributed by atoms with Crippen LogP contribution < -0.4 is 5.32 Å². The number of carbonyl (C=O) groups excluding carboxylic acids is 1. The molecule has 1 aromatic rings. The highest BCUT2D eigenvalue weighted by Crippen LogP contribution is 2.41. The summed E-state index contributed by atoms with van der Waals surface area (Å²) in [5.41, 5.74) is 1.58. The molecule has 17 heavy (non-hydrogen) atoms. The number of rotatable bonds is 3. The Kier molecular flexibility index (Phi) is 3.18. The van der Waals surface area contributed by atoms with Crippen LogP contribution in [0, 0.1) is 17.7 Å². The van der Waals surface area contributed by atoms with Crippen LogP contribution in [-0.2, 0) is 4.79 Å². The first kappa shape index (κ1) is 12.1. The van der Waals surface area contributed by atoms with Crippen molar-refractivity contribution in [1.82, 2.24) is 0 Å². The van der Waals surface area contributed by atoms with Crippen LogP contribution in [0.15, 0.2) is 18.2 Å². The average Bonchev–Trinajstić information content (AvgIpc) is 2.56. The van der Waals surface area contributed by atoms with Crippen molar-refractivity contribution in [3.05, 3.63) is 29.6 Å². The van der Waals surface area contributed by atoms with Gasteiger partial charge in [-0.2, -0.15) is 0 Å². The quantitative estimate of drug-likeness (QED) is 0.853. The van der Waals surface area contributed by atoms with Gasteiger partial charge in [0.05, 0.1) is 5.92 Å². The Morgan fingerprint density at radius 3 is 2.71 bits per heavy atom. The predicted molar refractivity (Wildman–Crippen MR) is 66.4 cm³/mol. The number of nitrogens with one attached hydrogen (secondary N) is 1. The van der Waals surface area contributed by atoms with Gasteiger partial charge in [-0.3, -0.25) is 4.79 Å². The molecule has 1 aliphatic heterocycles. The molecule has 1 amide bonds. The molecule has 1 heterocycles. The lowest BCUT2D eigenvalue weighted by molar-refractivity contribution is -0.118. The van der Waals surface area contributed by atoms with E-state index in [0.717, 1.165) is 17.7 Å². The van der Waals surface area contributed by atoms with Crippen LogP contribution in [0.3, 0.4) is 0 Å². The van der Waals surface area contributed by atoms with Crippen LogP contribution in [0.5, 0.6) is 0 Å². The van der Waals surface area contributed by atoms with Crippen LogP contribution in [0.4, 0.5) is 10.1 Å². The van der Waals surface area contributed by atoms with E-state index in [1.165, 1.54) is 12.1 Å². The first-order valence-corrected chi connectivity index (χ1v) is 6.15. The highest BCUT2D eigenvalue weighted by Gasteiger charge is 2.37. The zero-order chi connectivity index (χ0) is 12.6. The van der Waals surface area contributed by atoms with Crippen molar-refractivity contribution in [2.75, 3.05) is 5.32 Å². The van der Waals surface area contributed by atoms with Gasteiger partial charge in [0.1, 0.15) is 5.82 Å². The molecule has 3 heteroatoms. The largest absolute Gasteiger partial charge is 0.325 e. The van der Waals surface area contributed by atoms with Gasteiger partial charge in [0, 0.05) is 5.69 Å². The van der Waals surface area contributed by atoms with E-state index in [0.29, 0.717) is 5.92 Å². The van der Waals surface area contributed by atoms with E-state index in [4.69, 9.17) is 0 Å². The molecule has 2 unspecified atom stereocenters. The zero-order valence-electron chi connectivity index (χ0n) is 10.5. The molecule has 1 aromatic carbocycles. The molecule has 1 aliphatic rings. The van der Waals surface area contributed by atoms with Crippen molar-refractivity contribution in [1.29, 1.82) is 0 Å². The summed E-state index contributed by atoms with van der Waals surface area (Å²) in [6.45, 7) is 6.30. The van der Waals surface area contributed by atoms with Crippen molar-refractivity contribution in [3.63, 3.8) is 0 Å². The van der Waals surface area contributed by atoms with Crippen molar-refractivity contribution < 1.29 is 9.18 Å². The van der Waals surface area contributed by atoms with Crippen LogP contribution in [0.2, 0.25) is 0 Å². The molecule has 0 radical (unpaired) electrons. The maximum absolute atomic E-state index is 13.3. The fraction of sp³-hybridized carbons (Fsp3) is 0.500. The molecule has 1 N–H and O–H groups in total. The number of halogens is 1. The van der Waals surface area contributed by atoms with Gasteiger partial charge >= 0.3 is 0 Å². The maximum Gasteiger partial charge on any atom is 0.232 e. The summed E-state index contributed by atoms with van der Waals surface area (Å²) in [7, 11) is 0. The van der Waals surface area contributed by atoms with Gasteiger partial charge in [0.2, 0.25) is 5.91 Å². The second kappa shape index (κ2) is 4.47. The Morgan fingerprint density at radius 1 is 1.41 bits per heavy atom. The minimum absolute atomic E-state index is 0.00569. The van der Waals surface area contributed by atoms with E-state index in [1.54, 1.807) is 6.07 Å². The molecule has 92 valence electrons. The normalized spacial score (nSPS) is 20.3. The van der Waals surface area contributed by atoms with Gasteiger partial charge in [0.15, 0.2) is 0 Å². The summed E-state index contributed by atoms with van der Waals surface area (Å²) in [6, 6.07) is 4.52. The molecule has 0 saturated carbocycles. The summed E-state index contributed by atoms with van der Waals surface area (Å²) in [6.07, 6.45) is 0.922. The number of benzene rings is 1. The minimum Gasteiger partial charge on any atom is -0.325 e. The Balaban J connectivity index is 2.42. The second-order valence-corrected chi connectivity index (χ2v) is 5.01. The molecule has 2 atom stereocenters. The third-order valence-corrected chi connectivity index (χ3v) is 3.64. The standard InChI is InChI=1S/C14H18FNO/c1-4-10(8(2)3)13-11-7-9(15)5-6-12(11)16-14(13)17/h5-8,10,13H,4H2,1-3H3,(H,16,17). The van der Waals surface area contributed by atoms with Gasteiger partial charge in [0.25, 0.3) is 0 Å². The summed E-state index contributed by atoms with van der Waals surface area (Å²) >= 11 is 0. The third kappa shape index (κ3) is 2.06. The Hall–Kier alpha value is -1.38. The van der Waals surface area contributed by atoms with Crippen LogP contribution in [0.25, 0.3) is 0 Å². The lowest BCUT2D eigenvalue weighted by atomic mass is 9.78. The van der Waals surface area contributed by atoms with E-state index in [2.05, 4.69) is 26.1 Å². The number of amides is 1. The van der Waals surface area contributed by atoms with Gasteiger partial charge in [-0.25, -0.2) is 4.39 Å². The van der Waals surface area contributed by atoms with E-state index >= 15 is 0 Å². The fourth-order valence-electron chi connectivity index (χ4n) is 2.77. The van der Waals surface area contributed by atoms with Crippen molar-refractivity contribution in [2.24, 2.45) is 11.8 Å². The Morgan fingerprint density at radius 2 is 2.12 bits per heavy atom. The fourth-order valence-corrected chi connectivity index (χ4v) is 2.77. The monoisotopic (exact) mass is 235 g/mol. The van der Waals surface area contributed by atoms with Crippen molar-refractivity contribution >= 4 is 11.6 Å². The smallest absolute Gasteiger partial charge is 0.232 e. The molecule has 0 bridgehead atoms. The third-order valence-electron chi connectivity index (χ3n) is 3.64. The lowest BCUT2D eigenvalue weighted by Crippen LogP contribution is -2.24. The molecule has 0 aromatic heterocycles. The van der Waals surface area contributed by atoms with E-state index in [9.17, 15) is 9.18 Å². The molecule has 0 aliphatic carbocycles. The van der Waals surface area contributed by atoms with Gasteiger partial charge < -0.3 is 5.32 Å². The number of fused-ring (bicyclic) bond motifs is 1. The first-order valence-electron chi connectivity index (χ1n) is 6.15. The summed E-state index contributed by atoms with van der Waals surface area (Å²) < 4.78 is 13.3. The van der Waals surface area contributed by atoms with Crippen LogP contribution >= 0.6 is 0 Å². The van der Waals surface area contributed by atoms with Gasteiger partial charge in [-0.15, -0.1) is 0 Å². The molecule has 2 nitrogen and oxygen atoms in total. The zero-order valence-corrected chi connectivity index (χ0v) is 10.5. The Labute approximate surface area is 101 Å². The molecular formula is C14H18FNO. The van der Waals surface area contributed by atoms with E-state index in [1.807, 2.05) is 0 Å². The molecule has 2 rings (SSSR count). The highest BCUT2D eigenvalue weighted by molar-refractivity contribution is 6.03. The summed E-state index contributed by atoms with van der Waals surface area (Å²) in [5.74, 6) is 0.198. The SMILES string of the molecule is CCC(C(C)C)C1C(=O)Nc2ccc(F)cc21. The second-order valence-electron chi connectivity index (χ2n) is 5.01. The lowest BCUT2D eigenvalue weighted by Gasteiger charge is -2.24. The van der Waals surface area contributed by atoms with Gasteiger partial charge in [-0.1, -0.05) is 27.2 Å². The van der Waals surface area contributed by atoms with E-state index in [-0.39, 0.29) is 23.6 Å². The molecule has 0 spiro atoms. The molecule has 0 fully saturated rings. The summed E-state index contributed by atoms with van der Waals surface area (Å²) in [4.78, 5) is 12.0. The van der Waals surface area contributed by atoms with Crippen molar-refractivity contribution in [2.45, 2.75) is 33.1 Å². The minimum atomic E-state index is -0.274.